The lowest BCUT2D eigenvalue weighted by molar-refractivity contribution is 0.225. The van der Waals surface area contributed by atoms with Crippen LogP contribution in [0.15, 0.2) is 18.2 Å². The van der Waals surface area contributed by atoms with Gasteiger partial charge in [0.2, 0.25) is 0 Å². The number of hydrogen-bond donors (Lipinski definition) is 1. The first-order valence-electron chi connectivity index (χ1n) is 7.61. The third-order valence-electron chi connectivity index (χ3n) is 4.43. The summed E-state index contributed by atoms with van der Waals surface area (Å²) in [5.41, 5.74) is 2.92. The second kappa shape index (κ2) is 7.07. The van der Waals surface area contributed by atoms with E-state index in [0.717, 1.165) is 18.4 Å². The Morgan fingerprint density at radius 2 is 2.16 bits per heavy atom. The van der Waals surface area contributed by atoms with Crippen molar-refractivity contribution in [3.05, 3.63) is 32.9 Å². The van der Waals surface area contributed by atoms with Crippen molar-refractivity contribution in [3.63, 3.8) is 0 Å². The van der Waals surface area contributed by atoms with Crippen molar-refractivity contribution < 1.29 is 0 Å². The van der Waals surface area contributed by atoms with Gasteiger partial charge >= 0.3 is 0 Å². The second-order valence-electron chi connectivity index (χ2n) is 6.05. The highest BCUT2D eigenvalue weighted by atomic mass is 127. The molecule has 0 spiro atoms. The summed E-state index contributed by atoms with van der Waals surface area (Å²) < 4.78 is 1.45. The quantitative estimate of drug-likeness (QED) is 0.728. The van der Waals surface area contributed by atoms with Crippen LogP contribution in [0.3, 0.4) is 0 Å². The van der Waals surface area contributed by atoms with E-state index < -0.39 is 0 Å². The molecule has 0 bridgehead atoms. The Morgan fingerprint density at radius 3 is 2.84 bits per heavy atom. The van der Waals surface area contributed by atoms with Crippen LogP contribution in [0.25, 0.3) is 0 Å². The fourth-order valence-electron chi connectivity index (χ4n) is 3.44. The van der Waals surface area contributed by atoms with Crippen LogP contribution in [0, 0.1) is 22.3 Å². The predicted molar refractivity (Wildman–Crippen MR) is 91.4 cm³/mol. The van der Waals surface area contributed by atoms with Crippen LogP contribution >= 0.6 is 22.6 Å². The lowest BCUT2D eigenvalue weighted by Crippen LogP contribution is -2.32. The van der Waals surface area contributed by atoms with Gasteiger partial charge in [0, 0.05) is 9.61 Å². The molecule has 19 heavy (non-hydrogen) atoms. The molecule has 1 fully saturated rings. The standard InChI is InChI=1S/C17H26IN/c1-4-19-17(14-9-5-7-12(2)11-14)15-10-6-8-13(3)16(15)18/h6,8,10,12,14,17,19H,4-5,7,9,11H2,1-3H3. The molecule has 0 amide bonds. The Hall–Kier alpha value is -0.0900. The summed E-state index contributed by atoms with van der Waals surface area (Å²) in [6.07, 6.45) is 5.57. The van der Waals surface area contributed by atoms with Gasteiger partial charge in [0.15, 0.2) is 0 Å². The zero-order valence-electron chi connectivity index (χ0n) is 12.4. The Labute approximate surface area is 131 Å². The molecular formula is C17H26IN. The highest BCUT2D eigenvalue weighted by molar-refractivity contribution is 14.1. The number of rotatable bonds is 4. The average Bonchev–Trinajstić information content (AvgIpc) is 2.40. The molecule has 3 atom stereocenters. The molecule has 1 aliphatic carbocycles. The normalized spacial score (nSPS) is 25.3. The molecule has 1 aliphatic rings. The largest absolute Gasteiger partial charge is 0.310 e. The molecular weight excluding hydrogens is 345 g/mol. The summed E-state index contributed by atoms with van der Waals surface area (Å²) in [5.74, 6) is 1.70. The highest BCUT2D eigenvalue weighted by Gasteiger charge is 2.28. The zero-order valence-corrected chi connectivity index (χ0v) is 14.5. The second-order valence-corrected chi connectivity index (χ2v) is 7.12. The molecule has 2 heteroatoms. The molecule has 3 unspecified atom stereocenters. The topological polar surface area (TPSA) is 12.0 Å². The minimum absolute atomic E-state index is 0.541. The molecule has 1 aromatic carbocycles. The minimum Gasteiger partial charge on any atom is -0.310 e. The maximum atomic E-state index is 3.75. The monoisotopic (exact) mass is 371 g/mol. The van der Waals surface area contributed by atoms with Gasteiger partial charge in [-0.05, 0) is 71.9 Å². The molecule has 1 N–H and O–H groups in total. The van der Waals surface area contributed by atoms with Gasteiger partial charge < -0.3 is 5.32 Å². The Kier molecular flexibility index (Phi) is 5.70. The van der Waals surface area contributed by atoms with E-state index >= 15 is 0 Å². The van der Waals surface area contributed by atoms with E-state index in [2.05, 4.69) is 66.9 Å². The first-order chi connectivity index (χ1) is 9.13. The van der Waals surface area contributed by atoms with Gasteiger partial charge in [-0.15, -0.1) is 0 Å². The summed E-state index contributed by atoms with van der Waals surface area (Å²) in [4.78, 5) is 0. The van der Waals surface area contributed by atoms with E-state index in [-0.39, 0.29) is 0 Å². The summed E-state index contributed by atoms with van der Waals surface area (Å²) >= 11 is 2.52. The molecule has 0 radical (unpaired) electrons. The van der Waals surface area contributed by atoms with Gasteiger partial charge in [-0.3, -0.25) is 0 Å². The maximum absolute atomic E-state index is 3.75. The van der Waals surface area contributed by atoms with Crippen LogP contribution in [0.1, 0.15) is 56.7 Å². The summed E-state index contributed by atoms with van der Waals surface area (Å²) in [7, 11) is 0. The smallest absolute Gasteiger partial charge is 0.0359 e. The van der Waals surface area contributed by atoms with Crippen molar-refractivity contribution >= 4 is 22.6 Å². The van der Waals surface area contributed by atoms with Crippen LogP contribution in [0.4, 0.5) is 0 Å². The Bertz CT molecular complexity index is 416. The zero-order chi connectivity index (χ0) is 13.8. The average molecular weight is 371 g/mol. The fourth-order valence-corrected chi connectivity index (χ4v) is 4.14. The lowest BCUT2D eigenvalue weighted by atomic mass is 9.76. The predicted octanol–water partition coefficient (Wildman–Crippen LogP) is 5.08. The number of halogens is 1. The van der Waals surface area contributed by atoms with Crippen molar-refractivity contribution in [2.45, 2.75) is 52.5 Å². The fraction of sp³-hybridized carbons (Fsp3) is 0.647. The van der Waals surface area contributed by atoms with Gasteiger partial charge in [-0.1, -0.05) is 44.9 Å². The summed E-state index contributed by atoms with van der Waals surface area (Å²) in [6.45, 7) is 7.91. The minimum atomic E-state index is 0.541. The van der Waals surface area contributed by atoms with E-state index in [1.54, 1.807) is 0 Å². The molecule has 1 saturated carbocycles. The highest BCUT2D eigenvalue weighted by Crippen LogP contribution is 2.38. The lowest BCUT2D eigenvalue weighted by Gasteiger charge is -2.34. The van der Waals surface area contributed by atoms with Crippen molar-refractivity contribution in [1.29, 1.82) is 0 Å². The number of benzene rings is 1. The van der Waals surface area contributed by atoms with Gasteiger partial charge in [-0.25, -0.2) is 0 Å². The molecule has 2 rings (SSSR count). The molecule has 1 nitrogen and oxygen atoms in total. The van der Waals surface area contributed by atoms with Crippen LogP contribution in [-0.2, 0) is 0 Å². The first-order valence-corrected chi connectivity index (χ1v) is 8.69. The summed E-state index contributed by atoms with van der Waals surface area (Å²) in [6, 6.07) is 7.29. The molecule has 0 aliphatic heterocycles. The van der Waals surface area contributed by atoms with E-state index in [1.807, 2.05) is 0 Å². The first kappa shape index (κ1) is 15.3. The van der Waals surface area contributed by atoms with Crippen molar-refractivity contribution in [2.75, 3.05) is 6.54 Å². The molecule has 1 aromatic rings. The van der Waals surface area contributed by atoms with E-state index in [4.69, 9.17) is 0 Å². The number of aryl methyl sites for hydroxylation is 1. The van der Waals surface area contributed by atoms with Gasteiger partial charge in [0.05, 0.1) is 0 Å². The van der Waals surface area contributed by atoms with E-state index in [0.29, 0.717) is 6.04 Å². The van der Waals surface area contributed by atoms with Crippen LogP contribution in [0.2, 0.25) is 0 Å². The molecule has 0 saturated heterocycles. The molecule has 106 valence electrons. The summed E-state index contributed by atoms with van der Waals surface area (Å²) in [5, 5.41) is 3.75. The van der Waals surface area contributed by atoms with Crippen LogP contribution < -0.4 is 5.32 Å². The number of hydrogen-bond acceptors (Lipinski definition) is 1. The van der Waals surface area contributed by atoms with E-state index in [1.165, 1.54) is 40.4 Å². The van der Waals surface area contributed by atoms with Crippen molar-refractivity contribution in [1.82, 2.24) is 5.32 Å². The van der Waals surface area contributed by atoms with Crippen molar-refractivity contribution in [2.24, 2.45) is 11.8 Å². The SMILES string of the molecule is CCNC(c1cccc(C)c1I)C1CCCC(C)C1. The van der Waals surface area contributed by atoms with Gasteiger partial charge in [-0.2, -0.15) is 0 Å². The Morgan fingerprint density at radius 1 is 1.37 bits per heavy atom. The maximum Gasteiger partial charge on any atom is 0.0359 e. The third kappa shape index (κ3) is 3.72. The Balaban J connectivity index is 2.26. The van der Waals surface area contributed by atoms with Crippen LogP contribution in [-0.4, -0.2) is 6.54 Å². The molecule has 0 heterocycles. The van der Waals surface area contributed by atoms with Crippen LogP contribution in [0.5, 0.6) is 0 Å². The molecule has 0 aromatic heterocycles. The van der Waals surface area contributed by atoms with Crippen molar-refractivity contribution in [3.8, 4) is 0 Å². The van der Waals surface area contributed by atoms with Gasteiger partial charge in [0.25, 0.3) is 0 Å². The third-order valence-corrected chi connectivity index (χ3v) is 5.90. The van der Waals surface area contributed by atoms with E-state index in [9.17, 15) is 0 Å². The number of nitrogens with one attached hydrogen (secondary N) is 1. The van der Waals surface area contributed by atoms with Gasteiger partial charge in [0.1, 0.15) is 0 Å².